The van der Waals surface area contributed by atoms with E-state index in [1.165, 1.54) is 7.11 Å². The van der Waals surface area contributed by atoms with Crippen LogP contribution in [0.5, 0.6) is 5.75 Å². The molecule has 0 saturated carbocycles. The maximum atomic E-state index is 13.3. The molecule has 17 heavy (non-hydrogen) atoms. The molecule has 96 valence electrons. The fourth-order valence-electron chi connectivity index (χ4n) is 1.51. The van der Waals surface area contributed by atoms with Gasteiger partial charge in [-0.3, -0.25) is 0 Å². The minimum atomic E-state index is -1.53. The second-order valence-corrected chi connectivity index (χ2v) is 3.53. The Hall–Kier alpha value is -1.24. The highest BCUT2D eigenvalue weighted by atomic mass is 19.1. The molecule has 0 amide bonds. The van der Waals surface area contributed by atoms with E-state index in [4.69, 9.17) is 9.84 Å². The summed E-state index contributed by atoms with van der Waals surface area (Å²) in [6.07, 6.45) is -2.96. The van der Waals surface area contributed by atoms with Gasteiger partial charge in [0.05, 0.1) is 13.2 Å². The van der Waals surface area contributed by atoms with Gasteiger partial charge in [-0.25, -0.2) is 8.78 Å². The van der Waals surface area contributed by atoms with Gasteiger partial charge in [0, 0.05) is 18.2 Å². The van der Waals surface area contributed by atoms with Crippen molar-refractivity contribution in [2.24, 2.45) is 0 Å². The highest BCUT2D eigenvalue weighted by Crippen LogP contribution is 2.31. The first-order valence-corrected chi connectivity index (χ1v) is 5.01. The van der Waals surface area contributed by atoms with Crippen LogP contribution in [0.2, 0.25) is 0 Å². The van der Waals surface area contributed by atoms with Gasteiger partial charge in [-0.2, -0.15) is 0 Å². The smallest absolute Gasteiger partial charge is 0.168 e. The number of methoxy groups -OCH3 is 1. The molecule has 0 aromatic heterocycles. The molecule has 0 aliphatic carbocycles. The topological polar surface area (TPSA) is 69.9 Å². The van der Waals surface area contributed by atoms with Crippen molar-refractivity contribution in [1.82, 2.24) is 0 Å². The molecule has 0 bridgehead atoms. The van der Waals surface area contributed by atoms with Crippen LogP contribution < -0.4 is 4.74 Å². The highest BCUT2D eigenvalue weighted by molar-refractivity contribution is 5.37. The van der Waals surface area contributed by atoms with Crippen LogP contribution in [0.25, 0.3) is 0 Å². The summed E-state index contributed by atoms with van der Waals surface area (Å²) in [6.45, 7) is -0.349. The van der Waals surface area contributed by atoms with E-state index in [2.05, 4.69) is 0 Å². The first-order valence-electron chi connectivity index (χ1n) is 5.01. The highest BCUT2D eigenvalue weighted by Gasteiger charge is 2.24. The lowest BCUT2D eigenvalue weighted by molar-refractivity contribution is 0.00264. The zero-order valence-corrected chi connectivity index (χ0v) is 9.23. The third kappa shape index (κ3) is 3.12. The predicted molar refractivity (Wildman–Crippen MR) is 55.6 cm³/mol. The van der Waals surface area contributed by atoms with Crippen LogP contribution in [0.4, 0.5) is 8.78 Å². The Morgan fingerprint density at radius 3 is 2.47 bits per heavy atom. The molecular formula is C11H14F2O4. The Labute approximate surface area is 97.1 Å². The van der Waals surface area contributed by atoms with Crippen molar-refractivity contribution < 1.29 is 28.8 Å². The van der Waals surface area contributed by atoms with Gasteiger partial charge in [-0.05, 0) is 12.5 Å². The summed E-state index contributed by atoms with van der Waals surface area (Å²) in [7, 11) is 1.17. The van der Waals surface area contributed by atoms with E-state index in [9.17, 15) is 19.0 Å². The summed E-state index contributed by atoms with van der Waals surface area (Å²) in [6, 6.07) is 1.50. The Kier molecular flexibility index (Phi) is 4.80. The Morgan fingerprint density at radius 2 is 1.94 bits per heavy atom. The number of rotatable bonds is 5. The molecule has 1 aromatic rings. The van der Waals surface area contributed by atoms with Crippen molar-refractivity contribution in [3.63, 3.8) is 0 Å². The second-order valence-electron chi connectivity index (χ2n) is 3.53. The van der Waals surface area contributed by atoms with Crippen LogP contribution in [0.3, 0.4) is 0 Å². The first kappa shape index (κ1) is 13.8. The quantitative estimate of drug-likeness (QED) is 0.719. The Balaban J connectivity index is 3.11. The number of benzene rings is 1. The molecule has 0 spiro atoms. The summed E-state index contributed by atoms with van der Waals surface area (Å²) < 4.78 is 31.0. The fraction of sp³-hybridized carbons (Fsp3) is 0.455. The summed E-state index contributed by atoms with van der Waals surface area (Å²) in [5.74, 6) is -2.16. The zero-order valence-electron chi connectivity index (χ0n) is 9.23. The van der Waals surface area contributed by atoms with Crippen LogP contribution >= 0.6 is 0 Å². The largest absolute Gasteiger partial charge is 0.493 e. The Bertz CT molecular complexity index is 384. The maximum Gasteiger partial charge on any atom is 0.168 e. The van der Waals surface area contributed by atoms with Crippen molar-refractivity contribution >= 4 is 0 Å². The van der Waals surface area contributed by atoms with Crippen LogP contribution in [-0.2, 0) is 0 Å². The van der Waals surface area contributed by atoms with Gasteiger partial charge in [0.25, 0.3) is 0 Å². The lowest BCUT2D eigenvalue weighted by Gasteiger charge is -2.19. The summed E-state index contributed by atoms with van der Waals surface area (Å²) >= 11 is 0. The average molecular weight is 248 g/mol. The molecule has 1 rings (SSSR count). The van der Waals surface area contributed by atoms with Gasteiger partial charge in [0.2, 0.25) is 0 Å². The van der Waals surface area contributed by atoms with Gasteiger partial charge in [0.1, 0.15) is 11.9 Å². The van der Waals surface area contributed by atoms with Crippen molar-refractivity contribution in [2.45, 2.75) is 18.6 Å². The molecule has 1 aromatic carbocycles. The zero-order chi connectivity index (χ0) is 13.0. The van der Waals surface area contributed by atoms with E-state index in [0.29, 0.717) is 6.07 Å². The number of hydrogen-bond acceptors (Lipinski definition) is 4. The van der Waals surface area contributed by atoms with Crippen molar-refractivity contribution in [1.29, 1.82) is 0 Å². The normalized spacial score (nSPS) is 14.5. The van der Waals surface area contributed by atoms with Crippen LogP contribution in [-0.4, -0.2) is 35.1 Å². The number of aliphatic hydroxyl groups is 3. The summed E-state index contributed by atoms with van der Waals surface area (Å²) in [4.78, 5) is 0. The van der Waals surface area contributed by atoms with E-state index in [1.54, 1.807) is 0 Å². The van der Waals surface area contributed by atoms with E-state index >= 15 is 0 Å². The third-order valence-corrected chi connectivity index (χ3v) is 2.35. The van der Waals surface area contributed by atoms with Crippen molar-refractivity contribution in [2.75, 3.05) is 13.7 Å². The number of ether oxygens (including phenoxy) is 1. The lowest BCUT2D eigenvalue weighted by atomic mass is 10.0. The maximum absolute atomic E-state index is 13.3. The molecular weight excluding hydrogens is 234 g/mol. The first-order chi connectivity index (χ1) is 8.01. The molecule has 0 radical (unpaired) electrons. The molecule has 2 unspecified atom stereocenters. The van der Waals surface area contributed by atoms with Crippen LogP contribution in [0.15, 0.2) is 12.1 Å². The van der Waals surface area contributed by atoms with E-state index in [-0.39, 0.29) is 24.3 Å². The van der Waals surface area contributed by atoms with Gasteiger partial charge in [-0.15, -0.1) is 0 Å². The van der Waals surface area contributed by atoms with E-state index in [1.807, 2.05) is 0 Å². The third-order valence-electron chi connectivity index (χ3n) is 2.35. The van der Waals surface area contributed by atoms with Gasteiger partial charge in [-0.1, -0.05) is 0 Å². The van der Waals surface area contributed by atoms with Crippen LogP contribution in [0.1, 0.15) is 18.1 Å². The van der Waals surface area contributed by atoms with Gasteiger partial charge in [0.15, 0.2) is 11.6 Å². The number of halogens is 2. The van der Waals surface area contributed by atoms with Crippen molar-refractivity contribution in [3.8, 4) is 5.75 Å². The summed E-state index contributed by atoms with van der Waals surface area (Å²) in [5.41, 5.74) is -0.189. The molecule has 0 saturated heterocycles. The van der Waals surface area contributed by atoms with Gasteiger partial charge >= 0.3 is 0 Å². The minimum absolute atomic E-state index is 0.109. The molecule has 3 N–H and O–H groups in total. The minimum Gasteiger partial charge on any atom is -0.493 e. The summed E-state index contributed by atoms with van der Waals surface area (Å²) in [5, 5.41) is 27.8. The predicted octanol–water partition coefficient (Wildman–Crippen LogP) is 0.750. The molecule has 0 heterocycles. The molecule has 4 nitrogen and oxygen atoms in total. The van der Waals surface area contributed by atoms with E-state index in [0.717, 1.165) is 6.07 Å². The standard InChI is InChI=1S/C11H14F2O4/c1-17-11-7(4-6(12)5-8(11)13)10(16)9(15)2-3-14/h4-5,9-10,14-16H,2-3H2,1H3. The molecule has 0 aliphatic heterocycles. The molecule has 2 atom stereocenters. The fourth-order valence-corrected chi connectivity index (χ4v) is 1.51. The molecule has 6 heteroatoms. The lowest BCUT2D eigenvalue weighted by Crippen LogP contribution is -2.20. The van der Waals surface area contributed by atoms with E-state index < -0.39 is 23.8 Å². The number of hydrogen-bond donors (Lipinski definition) is 3. The Morgan fingerprint density at radius 1 is 1.29 bits per heavy atom. The average Bonchev–Trinajstić information content (AvgIpc) is 2.27. The van der Waals surface area contributed by atoms with Crippen molar-refractivity contribution in [3.05, 3.63) is 29.3 Å². The second kappa shape index (κ2) is 5.90. The number of aliphatic hydroxyl groups excluding tert-OH is 3. The SMILES string of the molecule is COc1c(F)cc(F)cc1C(O)C(O)CCO. The molecule has 0 aliphatic rings. The molecule has 0 fully saturated rings. The van der Waals surface area contributed by atoms with Crippen LogP contribution in [0, 0.1) is 11.6 Å². The van der Waals surface area contributed by atoms with Gasteiger partial charge < -0.3 is 20.1 Å². The monoisotopic (exact) mass is 248 g/mol.